The van der Waals surface area contributed by atoms with Crippen molar-refractivity contribution >= 4 is 5.91 Å². The molecular formula is C16H24N2O. The van der Waals surface area contributed by atoms with Gasteiger partial charge in [0, 0.05) is 0 Å². The predicted octanol–water partition coefficient (Wildman–Crippen LogP) is 2.48. The van der Waals surface area contributed by atoms with Gasteiger partial charge in [-0.25, -0.2) is 0 Å². The molecule has 1 aromatic carbocycles. The van der Waals surface area contributed by atoms with Crippen LogP contribution in [0.15, 0.2) is 18.2 Å². The van der Waals surface area contributed by atoms with E-state index in [1.165, 1.54) is 36.0 Å². The standard InChI is InChI=1S/C16H24N2O/c1-3-15(17)16(19)18-11(2)13-9-8-12-6-4-5-7-14(12)10-13/h8-11,15H,3-7,17H2,1-2H3,(H,18,19)/t11?,15-/m1/s1. The normalized spacial score (nSPS) is 17.4. The van der Waals surface area contributed by atoms with Crippen LogP contribution in [-0.2, 0) is 17.6 Å². The molecule has 2 atom stereocenters. The first-order valence-electron chi connectivity index (χ1n) is 7.29. The van der Waals surface area contributed by atoms with Crippen molar-refractivity contribution in [3.05, 3.63) is 34.9 Å². The second-order valence-corrected chi connectivity index (χ2v) is 5.48. The van der Waals surface area contributed by atoms with Crippen LogP contribution in [0.1, 0.15) is 55.8 Å². The summed E-state index contributed by atoms with van der Waals surface area (Å²) in [5.74, 6) is -0.0623. The molecule has 2 rings (SSSR count). The summed E-state index contributed by atoms with van der Waals surface area (Å²) < 4.78 is 0. The van der Waals surface area contributed by atoms with Gasteiger partial charge in [-0.3, -0.25) is 4.79 Å². The molecule has 0 fully saturated rings. The summed E-state index contributed by atoms with van der Waals surface area (Å²) in [6.45, 7) is 3.94. The minimum absolute atomic E-state index is 0.0253. The minimum atomic E-state index is -0.403. The third-order valence-electron chi connectivity index (χ3n) is 4.01. The molecule has 0 aromatic heterocycles. The van der Waals surface area contributed by atoms with Gasteiger partial charge in [0.15, 0.2) is 0 Å². The number of hydrogen-bond donors (Lipinski definition) is 2. The summed E-state index contributed by atoms with van der Waals surface area (Å²) in [4.78, 5) is 11.8. The van der Waals surface area contributed by atoms with Crippen molar-refractivity contribution in [2.45, 2.75) is 58.0 Å². The van der Waals surface area contributed by atoms with Crippen molar-refractivity contribution in [2.24, 2.45) is 5.73 Å². The molecule has 0 saturated heterocycles. The summed E-state index contributed by atoms with van der Waals surface area (Å²) in [6, 6.07) is 6.22. The van der Waals surface area contributed by atoms with Crippen LogP contribution < -0.4 is 11.1 Å². The van der Waals surface area contributed by atoms with E-state index in [9.17, 15) is 4.79 Å². The van der Waals surface area contributed by atoms with E-state index in [4.69, 9.17) is 5.73 Å². The van der Waals surface area contributed by atoms with Crippen LogP contribution in [0.5, 0.6) is 0 Å². The first-order chi connectivity index (χ1) is 9.11. The molecule has 3 heteroatoms. The Morgan fingerprint density at radius 1 is 1.32 bits per heavy atom. The molecule has 1 aliphatic carbocycles. The van der Waals surface area contributed by atoms with Crippen LogP contribution in [0.4, 0.5) is 0 Å². The van der Waals surface area contributed by atoms with Gasteiger partial charge in [0.1, 0.15) is 0 Å². The highest BCUT2D eigenvalue weighted by Gasteiger charge is 2.16. The number of aryl methyl sites for hydroxylation is 2. The van der Waals surface area contributed by atoms with Crippen LogP contribution >= 0.6 is 0 Å². The summed E-state index contributed by atoms with van der Waals surface area (Å²) in [5.41, 5.74) is 9.84. The lowest BCUT2D eigenvalue weighted by Gasteiger charge is -2.21. The quantitative estimate of drug-likeness (QED) is 0.874. The van der Waals surface area contributed by atoms with E-state index < -0.39 is 6.04 Å². The van der Waals surface area contributed by atoms with Gasteiger partial charge in [-0.1, -0.05) is 25.1 Å². The zero-order valence-corrected chi connectivity index (χ0v) is 11.9. The molecule has 0 spiro atoms. The van der Waals surface area contributed by atoms with Crippen LogP contribution in [0, 0.1) is 0 Å². The highest BCUT2D eigenvalue weighted by Crippen LogP contribution is 2.24. The average molecular weight is 260 g/mol. The molecule has 0 heterocycles. The maximum Gasteiger partial charge on any atom is 0.237 e. The molecule has 1 aromatic rings. The molecular weight excluding hydrogens is 236 g/mol. The molecule has 3 nitrogen and oxygen atoms in total. The lowest BCUT2D eigenvalue weighted by molar-refractivity contribution is -0.123. The monoisotopic (exact) mass is 260 g/mol. The van der Waals surface area contributed by atoms with Gasteiger partial charge in [-0.15, -0.1) is 0 Å². The Balaban J connectivity index is 2.07. The smallest absolute Gasteiger partial charge is 0.237 e. The molecule has 19 heavy (non-hydrogen) atoms. The highest BCUT2D eigenvalue weighted by molar-refractivity contribution is 5.81. The largest absolute Gasteiger partial charge is 0.348 e. The third-order valence-corrected chi connectivity index (χ3v) is 4.01. The van der Waals surface area contributed by atoms with Crippen molar-refractivity contribution < 1.29 is 4.79 Å². The number of benzene rings is 1. The number of amides is 1. The predicted molar refractivity (Wildman–Crippen MR) is 77.9 cm³/mol. The second-order valence-electron chi connectivity index (χ2n) is 5.48. The molecule has 1 amide bonds. The molecule has 0 radical (unpaired) electrons. The Morgan fingerprint density at radius 2 is 2.00 bits per heavy atom. The summed E-state index contributed by atoms with van der Waals surface area (Å²) in [6.07, 6.45) is 5.60. The van der Waals surface area contributed by atoms with Crippen molar-refractivity contribution in [1.29, 1.82) is 0 Å². The Hall–Kier alpha value is -1.35. The minimum Gasteiger partial charge on any atom is -0.348 e. The molecule has 1 aliphatic rings. The number of fused-ring (bicyclic) bond motifs is 1. The van der Waals surface area contributed by atoms with E-state index in [0.717, 1.165) is 6.42 Å². The first kappa shape index (κ1) is 14.1. The lowest BCUT2D eigenvalue weighted by atomic mass is 9.89. The number of carbonyl (C=O) groups excluding carboxylic acids is 1. The fourth-order valence-electron chi connectivity index (χ4n) is 2.61. The number of nitrogens with two attached hydrogens (primary N) is 1. The average Bonchev–Trinajstić information content (AvgIpc) is 2.45. The van der Waals surface area contributed by atoms with Crippen LogP contribution in [-0.4, -0.2) is 11.9 Å². The molecule has 0 bridgehead atoms. The van der Waals surface area contributed by atoms with Crippen LogP contribution in [0.2, 0.25) is 0 Å². The fourth-order valence-corrected chi connectivity index (χ4v) is 2.61. The van der Waals surface area contributed by atoms with E-state index in [2.05, 4.69) is 23.5 Å². The van der Waals surface area contributed by atoms with E-state index in [1.807, 2.05) is 13.8 Å². The zero-order valence-electron chi connectivity index (χ0n) is 11.9. The number of hydrogen-bond acceptors (Lipinski definition) is 2. The maximum absolute atomic E-state index is 11.8. The van der Waals surface area contributed by atoms with Crippen LogP contribution in [0.3, 0.4) is 0 Å². The Bertz CT molecular complexity index is 456. The zero-order chi connectivity index (χ0) is 13.8. The van der Waals surface area contributed by atoms with Gasteiger partial charge in [-0.2, -0.15) is 0 Å². The van der Waals surface area contributed by atoms with E-state index in [0.29, 0.717) is 6.42 Å². The van der Waals surface area contributed by atoms with Crippen LogP contribution in [0.25, 0.3) is 0 Å². The molecule has 0 aliphatic heterocycles. The molecule has 104 valence electrons. The Labute approximate surface area is 115 Å². The van der Waals surface area contributed by atoms with Gasteiger partial charge >= 0.3 is 0 Å². The maximum atomic E-state index is 11.8. The lowest BCUT2D eigenvalue weighted by Crippen LogP contribution is -2.41. The fraction of sp³-hybridized carbons (Fsp3) is 0.562. The third kappa shape index (κ3) is 3.35. The Morgan fingerprint density at radius 3 is 2.68 bits per heavy atom. The van der Waals surface area contributed by atoms with Gasteiger partial charge < -0.3 is 11.1 Å². The topological polar surface area (TPSA) is 55.1 Å². The SMILES string of the molecule is CC[C@@H](N)C(=O)NC(C)c1ccc2c(c1)CCCC2. The second kappa shape index (κ2) is 6.20. The highest BCUT2D eigenvalue weighted by atomic mass is 16.2. The van der Waals surface area contributed by atoms with Gasteiger partial charge in [0.25, 0.3) is 0 Å². The molecule has 0 saturated carbocycles. The van der Waals surface area contributed by atoms with E-state index >= 15 is 0 Å². The number of carbonyl (C=O) groups is 1. The van der Waals surface area contributed by atoms with Gasteiger partial charge in [-0.05, 0) is 55.7 Å². The van der Waals surface area contributed by atoms with Gasteiger partial charge in [0.2, 0.25) is 5.91 Å². The number of nitrogens with one attached hydrogen (secondary N) is 1. The Kier molecular flexibility index (Phi) is 4.59. The van der Waals surface area contributed by atoms with Gasteiger partial charge in [0.05, 0.1) is 12.1 Å². The number of rotatable bonds is 4. The van der Waals surface area contributed by atoms with E-state index in [-0.39, 0.29) is 11.9 Å². The van der Waals surface area contributed by atoms with Crippen molar-refractivity contribution in [2.75, 3.05) is 0 Å². The summed E-state index contributed by atoms with van der Waals surface area (Å²) in [7, 11) is 0. The van der Waals surface area contributed by atoms with Crippen molar-refractivity contribution in [1.82, 2.24) is 5.32 Å². The summed E-state index contributed by atoms with van der Waals surface area (Å²) in [5, 5.41) is 2.99. The first-order valence-corrected chi connectivity index (χ1v) is 7.29. The molecule has 3 N–H and O–H groups in total. The van der Waals surface area contributed by atoms with Crippen molar-refractivity contribution in [3.8, 4) is 0 Å². The molecule has 1 unspecified atom stereocenters. The summed E-state index contributed by atoms with van der Waals surface area (Å²) >= 11 is 0. The van der Waals surface area contributed by atoms with E-state index in [1.54, 1.807) is 0 Å². The van der Waals surface area contributed by atoms with Crippen molar-refractivity contribution in [3.63, 3.8) is 0 Å².